The number of nitrogens with one attached hydrogen (secondary N) is 1. The zero-order chi connectivity index (χ0) is 14.6. The van der Waals surface area contributed by atoms with Crippen molar-refractivity contribution >= 4 is 16.2 Å². The molecule has 8 heteroatoms. The highest BCUT2D eigenvalue weighted by atomic mass is 32.2. The Balaban J connectivity index is 2.18. The van der Waals surface area contributed by atoms with Crippen LogP contribution in [0.15, 0.2) is 30.3 Å². The third-order valence-corrected chi connectivity index (χ3v) is 4.54. The Morgan fingerprint density at radius 1 is 1.25 bits per heavy atom. The van der Waals surface area contributed by atoms with Crippen LogP contribution in [0.3, 0.4) is 0 Å². The lowest BCUT2D eigenvalue weighted by molar-refractivity contribution is -0.139. The topological polar surface area (TPSA) is 95.9 Å². The van der Waals surface area contributed by atoms with E-state index in [1.807, 2.05) is 0 Å². The standard InChI is InChI=1S/C12H16N2O5S/c15-12(16)11(10-4-2-1-3-5-10)13-20(17,18)14-6-8-19-9-7-14/h1-5,11,13H,6-9H2,(H,15,16)/t11-/m1/s1. The minimum atomic E-state index is -3.85. The van der Waals surface area contributed by atoms with Crippen molar-refractivity contribution in [1.29, 1.82) is 0 Å². The summed E-state index contributed by atoms with van der Waals surface area (Å²) in [6, 6.07) is 6.90. The van der Waals surface area contributed by atoms with Gasteiger partial charge in [0.1, 0.15) is 6.04 Å². The van der Waals surface area contributed by atoms with Gasteiger partial charge in [0.2, 0.25) is 0 Å². The first kappa shape index (κ1) is 14.9. The van der Waals surface area contributed by atoms with E-state index < -0.39 is 22.2 Å². The fourth-order valence-electron chi connectivity index (χ4n) is 1.92. The van der Waals surface area contributed by atoms with E-state index in [-0.39, 0.29) is 13.1 Å². The monoisotopic (exact) mass is 300 g/mol. The lowest BCUT2D eigenvalue weighted by Crippen LogP contribution is -2.48. The molecule has 1 saturated heterocycles. The van der Waals surface area contributed by atoms with E-state index in [1.165, 1.54) is 4.31 Å². The molecule has 1 aromatic carbocycles. The van der Waals surface area contributed by atoms with Gasteiger partial charge >= 0.3 is 5.97 Å². The number of morpholine rings is 1. The number of carboxylic acid groups (broad SMARTS) is 1. The van der Waals surface area contributed by atoms with Crippen molar-refractivity contribution in [3.05, 3.63) is 35.9 Å². The largest absolute Gasteiger partial charge is 0.480 e. The van der Waals surface area contributed by atoms with Gasteiger partial charge in [-0.15, -0.1) is 0 Å². The molecule has 20 heavy (non-hydrogen) atoms. The van der Waals surface area contributed by atoms with E-state index >= 15 is 0 Å². The Bertz CT molecular complexity index is 554. The van der Waals surface area contributed by atoms with Crippen molar-refractivity contribution in [2.75, 3.05) is 26.3 Å². The van der Waals surface area contributed by atoms with Gasteiger partial charge in [-0.25, -0.2) is 0 Å². The van der Waals surface area contributed by atoms with Crippen LogP contribution in [-0.4, -0.2) is 50.1 Å². The van der Waals surface area contributed by atoms with Crippen molar-refractivity contribution in [2.24, 2.45) is 0 Å². The van der Waals surface area contributed by atoms with Gasteiger partial charge in [-0.05, 0) is 5.56 Å². The van der Waals surface area contributed by atoms with Gasteiger partial charge in [0.25, 0.3) is 10.2 Å². The number of ether oxygens (including phenoxy) is 1. The number of nitrogens with zero attached hydrogens (tertiary/aromatic N) is 1. The quantitative estimate of drug-likeness (QED) is 0.796. The molecule has 0 amide bonds. The zero-order valence-electron chi connectivity index (χ0n) is 10.7. The minimum absolute atomic E-state index is 0.219. The van der Waals surface area contributed by atoms with Crippen molar-refractivity contribution in [3.8, 4) is 0 Å². The first-order chi connectivity index (χ1) is 9.50. The predicted octanol–water partition coefficient (Wildman–Crippen LogP) is -0.0211. The number of carbonyl (C=O) groups is 1. The predicted molar refractivity (Wildman–Crippen MR) is 71.3 cm³/mol. The van der Waals surface area contributed by atoms with Gasteiger partial charge < -0.3 is 9.84 Å². The second-order valence-electron chi connectivity index (χ2n) is 4.32. The molecule has 0 spiro atoms. The van der Waals surface area contributed by atoms with Gasteiger partial charge in [0.15, 0.2) is 0 Å². The average molecular weight is 300 g/mol. The van der Waals surface area contributed by atoms with Gasteiger partial charge in [-0.1, -0.05) is 30.3 Å². The maximum atomic E-state index is 12.2. The van der Waals surface area contributed by atoms with Crippen molar-refractivity contribution in [1.82, 2.24) is 9.03 Å². The Morgan fingerprint density at radius 3 is 2.40 bits per heavy atom. The lowest BCUT2D eigenvalue weighted by Gasteiger charge is -2.27. The molecule has 110 valence electrons. The molecule has 0 aromatic heterocycles. The molecular weight excluding hydrogens is 284 g/mol. The third-order valence-electron chi connectivity index (χ3n) is 2.96. The summed E-state index contributed by atoms with van der Waals surface area (Å²) >= 11 is 0. The summed E-state index contributed by atoms with van der Waals surface area (Å²) in [6.07, 6.45) is 0. The minimum Gasteiger partial charge on any atom is -0.480 e. The molecule has 7 nitrogen and oxygen atoms in total. The molecule has 0 unspecified atom stereocenters. The Labute approximate surface area is 117 Å². The summed E-state index contributed by atoms with van der Waals surface area (Å²) in [5.74, 6) is -1.24. The van der Waals surface area contributed by atoms with E-state index in [1.54, 1.807) is 30.3 Å². The highest BCUT2D eigenvalue weighted by molar-refractivity contribution is 7.87. The van der Waals surface area contributed by atoms with Crippen LogP contribution in [0.2, 0.25) is 0 Å². The van der Waals surface area contributed by atoms with Gasteiger partial charge in [-0.3, -0.25) is 4.79 Å². The van der Waals surface area contributed by atoms with Crippen LogP contribution < -0.4 is 4.72 Å². The van der Waals surface area contributed by atoms with Crippen LogP contribution in [0.1, 0.15) is 11.6 Å². The smallest absolute Gasteiger partial charge is 0.326 e. The summed E-state index contributed by atoms with van der Waals surface area (Å²) in [5.41, 5.74) is 0.386. The third kappa shape index (κ3) is 3.54. The fourth-order valence-corrected chi connectivity index (χ4v) is 3.23. The summed E-state index contributed by atoms with van der Waals surface area (Å²) in [4.78, 5) is 11.3. The molecular formula is C12H16N2O5S. The number of benzene rings is 1. The van der Waals surface area contributed by atoms with Gasteiger partial charge in [-0.2, -0.15) is 17.4 Å². The van der Waals surface area contributed by atoms with Crippen molar-refractivity contribution in [3.63, 3.8) is 0 Å². The number of hydrogen-bond donors (Lipinski definition) is 2. The number of rotatable bonds is 5. The summed E-state index contributed by atoms with van der Waals surface area (Å²) in [7, 11) is -3.85. The first-order valence-electron chi connectivity index (χ1n) is 6.13. The van der Waals surface area contributed by atoms with E-state index in [0.717, 1.165) is 0 Å². The van der Waals surface area contributed by atoms with E-state index in [9.17, 15) is 18.3 Å². The summed E-state index contributed by atoms with van der Waals surface area (Å²) in [5, 5.41) is 9.22. The van der Waals surface area contributed by atoms with E-state index in [0.29, 0.717) is 18.8 Å². The maximum Gasteiger partial charge on any atom is 0.326 e. The lowest BCUT2D eigenvalue weighted by atomic mass is 10.1. The van der Waals surface area contributed by atoms with Crippen LogP contribution in [0.5, 0.6) is 0 Å². The van der Waals surface area contributed by atoms with Crippen LogP contribution >= 0.6 is 0 Å². The molecule has 1 fully saturated rings. The molecule has 1 atom stereocenters. The number of hydrogen-bond acceptors (Lipinski definition) is 4. The average Bonchev–Trinajstić information content (AvgIpc) is 2.46. The van der Waals surface area contributed by atoms with Gasteiger partial charge in [0.05, 0.1) is 13.2 Å². The van der Waals surface area contributed by atoms with E-state index in [2.05, 4.69) is 4.72 Å². The van der Waals surface area contributed by atoms with Gasteiger partial charge in [0, 0.05) is 13.1 Å². The highest BCUT2D eigenvalue weighted by Gasteiger charge is 2.30. The summed E-state index contributed by atoms with van der Waals surface area (Å²) < 4.78 is 32.8. The molecule has 1 aliphatic rings. The molecule has 1 aromatic rings. The zero-order valence-corrected chi connectivity index (χ0v) is 11.5. The first-order valence-corrected chi connectivity index (χ1v) is 7.57. The number of aliphatic carboxylic acids is 1. The maximum absolute atomic E-state index is 12.2. The molecule has 0 saturated carbocycles. The highest BCUT2D eigenvalue weighted by Crippen LogP contribution is 2.15. The molecule has 2 N–H and O–H groups in total. The van der Waals surface area contributed by atoms with Crippen molar-refractivity contribution < 1.29 is 23.1 Å². The fraction of sp³-hybridized carbons (Fsp3) is 0.417. The molecule has 1 aliphatic heterocycles. The van der Waals surface area contributed by atoms with Crippen LogP contribution in [0.4, 0.5) is 0 Å². The summed E-state index contributed by atoms with van der Waals surface area (Å²) in [6.45, 7) is 1.06. The number of carboxylic acids is 1. The van der Waals surface area contributed by atoms with Crippen LogP contribution in [0.25, 0.3) is 0 Å². The van der Waals surface area contributed by atoms with Crippen LogP contribution in [0, 0.1) is 0 Å². The van der Waals surface area contributed by atoms with Crippen LogP contribution in [-0.2, 0) is 19.7 Å². The second-order valence-corrected chi connectivity index (χ2v) is 6.02. The Kier molecular flexibility index (Phi) is 4.71. The van der Waals surface area contributed by atoms with E-state index in [4.69, 9.17) is 4.74 Å². The normalized spacial score (nSPS) is 18.6. The molecule has 0 aliphatic carbocycles. The second kappa shape index (κ2) is 6.31. The molecule has 1 heterocycles. The molecule has 2 rings (SSSR count). The molecule has 0 radical (unpaired) electrons. The molecule has 0 bridgehead atoms. The Hall–Kier alpha value is -1.48. The van der Waals surface area contributed by atoms with Crippen molar-refractivity contribution in [2.45, 2.75) is 6.04 Å². The SMILES string of the molecule is O=C(O)[C@H](NS(=O)(=O)N1CCOCC1)c1ccccc1. The Morgan fingerprint density at radius 2 is 1.85 bits per heavy atom.